The number of hydrogen-bond donors (Lipinski definition) is 1. The summed E-state index contributed by atoms with van der Waals surface area (Å²) >= 11 is 0. The van der Waals surface area contributed by atoms with Gasteiger partial charge in [-0.05, 0) is 19.4 Å². The van der Waals surface area contributed by atoms with E-state index in [1.165, 1.54) is 0 Å². The number of nitrogens with one attached hydrogen (secondary N) is 1. The second kappa shape index (κ2) is 7.68. The van der Waals surface area contributed by atoms with Crippen LogP contribution in [0.25, 0.3) is 0 Å². The average Bonchev–Trinajstić information content (AvgIpc) is 2.29. The van der Waals surface area contributed by atoms with E-state index in [2.05, 4.69) is 5.32 Å². The second-order valence-electron chi connectivity index (χ2n) is 3.92. The van der Waals surface area contributed by atoms with Gasteiger partial charge in [0.25, 0.3) is 0 Å². The molecule has 1 rings (SSSR count). The quantitative estimate of drug-likeness (QED) is 0.772. The highest BCUT2D eigenvalue weighted by molar-refractivity contribution is 5.67. The Labute approximate surface area is 102 Å². The highest BCUT2D eigenvalue weighted by Gasteiger charge is 2.02. The van der Waals surface area contributed by atoms with Crippen LogP contribution in [0.1, 0.15) is 19.4 Å². The molecule has 0 heterocycles. The molecule has 1 amide bonds. The maximum absolute atomic E-state index is 11.1. The number of alkyl carbamates (subject to hydrolysis) is 1. The molecular weight excluding hydrogens is 218 g/mol. The Morgan fingerprint density at radius 2 is 2.00 bits per heavy atom. The molecule has 0 saturated heterocycles. The monoisotopic (exact) mass is 237 g/mol. The first-order chi connectivity index (χ1) is 8.18. The lowest BCUT2D eigenvalue weighted by Crippen LogP contribution is -2.29. The van der Waals surface area contributed by atoms with Crippen LogP contribution in [-0.2, 0) is 16.1 Å². The SMILES string of the molecule is CC(C)OC(=O)NCCOCc1ccccc1. The van der Waals surface area contributed by atoms with E-state index in [0.29, 0.717) is 19.8 Å². The lowest BCUT2D eigenvalue weighted by atomic mass is 10.2. The zero-order chi connectivity index (χ0) is 12.5. The molecule has 94 valence electrons. The normalized spacial score (nSPS) is 10.3. The number of carbonyl (C=O) groups excluding carboxylic acids is 1. The molecule has 0 bridgehead atoms. The largest absolute Gasteiger partial charge is 0.447 e. The van der Waals surface area contributed by atoms with E-state index in [9.17, 15) is 4.79 Å². The lowest BCUT2D eigenvalue weighted by Gasteiger charge is -2.09. The zero-order valence-corrected chi connectivity index (χ0v) is 10.3. The second-order valence-corrected chi connectivity index (χ2v) is 3.92. The van der Waals surface area contributed by atoms with Gasteiger partial charge in [-0.25, -0.2) is 4.79 Å². The standard InChI is InChI=1S/C13H19NO3/c1-11(2)17-13(15)14-8-9-16-10-12-6-4-3-5-7-12/h3-7,11H,8-10H2,1-2H3,(H,14,15). The number of amides is 1. The van der Waals surface area contributed by atoms with Crippen LogP contribution in [0.2, 0.25) is 0 Å². The average molecular weight is 237 g/mol. The smallest absolute Gasteiger partial charge is 0.407 e. The summed E-state index contributed by atoms with van der Waals surface area (Å²) < 4.78 is 10.3. The molecule has 0 aliphatic rings. The summed E-state index contributed by atoms with van der Waals surface area (Å²) in [4.78, 5) is 11.1. The molecule has 0 spiro atoms. The molecule has 0 aromatic heterocycles. The summed E-state index contributed by atoms with van der Waals surface area (Å²) in [6, 6.07) is 9.90. The van der Waals surface area contributed by atoms with E-state index in [-0.39, 0.29) is 6.10 Å². The highest BCUT2D eigenvalue weighted by atomic mass is 16.6. The summed E-state index contributed by atoms with van der Waals surface area (Å²) in [6.07, 6.45) is -0.497. The molecule has 4 nitrogen and oxygen atoms in total. The fourth-order valence-electron chi connectivity index (χ4n) is 1.25. The summed E-state index contributed by atoms with van der Waals surface area (Å²) in [6.45, 7) is 5.11. The van der Waals surface area contributed by atoms with Crippen LogP contribution in [0.4, 0.5) is 4.79 Å². The first-order valence-electron chi connectivity index (χ1n) is 5.74. The summed E-state index contributed by atoms with van der Waals surface area (Å²) in [5, 5.41) is 2.61. The van der Waals surface area contributed by atoms with Gasteiger partial charge in [-0.3, -0.25) is 0 Å². The van der Waals surface area contributed by atoms with E-state index >= 15 is 0 Å². The maximum Gasteiger partial charge on any atom is 0.407 e. The Hall–Kier alpha value is -1.55. The third-order valence-electron chi connectivity index (χ3n) is 1.97. The molecule has 0 aliphatic carbocycles. The predicted molar refractivity (Wildman–Crippen MR) is 65.7 cm³/mol. The van der Waals surface area contributed by atoms with E-state index in [0.717, 1.165) is 5.56 Å². The Bertz CT molecular complexity index is 325. The molecule has 4 heteroatoms. The molecule has 0 saturated carbocycles. The van der Waals surface area contributed by atoms with Crippen LogP contribution in [0, 0.1) is 0 Å². The minimum Gasteiger partial charge on any atom is -0.447 e. The van der Waals surface area contributed by atoms with Gasteiger partial charge in [0.15, 0.2) is 0 Å². The van der Waals surface area contributed by atoms with Gasteiger partial charge in [0.2, 0.25) is 0 Å². The van der Waals surface area contributed by atoms with Crippen molar-refractivity contribution < 1.29 is 14.3 Å². The van der Waals surface area contributed by atoms with Gasteiger partial charge in [0, 0.05) is 6.54 Å². The van der Waals surface area contributed by atoms with Crippen molar-refractivity contribution in [3.8, 4) is 0 Å². The van der Waals surface area contributed by atoms with Crippen molar-refractivity contribution >= 4 is 6.09 Å². The Morgan fingerprint density at radius 3 is 2.65 bits per heavy atom. The van der Waals surface area contributed by atoms with E-state index in [1.54, 1.807) is 0 Å². The Kier molecular flexibility index (Phi) is 6.10. The minimum atomic E-state index is -0.400. The van der Waals surface area contributed by atoms with E-state index in [4.69, 9.17) is 9.47 Å². The van der Waals surface area contributed by atoms with Gasteiger partial charge in [0.1, 0.15) is 0 Å². The zero-order valence-electron chi connectivity index (χ0n) is 10.3. The molecule has 0 atom stereocenters. The molecule has 0 aliphatic heterocycles. The minimum absolute atomic E-state index is 0.0970. The first-order valence-corrected chi connectivity index (χ1v) is 5.74. The summed E-state index contributed by atoms with van der Waals surface area (Å²) in [5.74, 6) is 0. The Morgan fingerprint density at radius 1 is 1.29 bits per heavy atom. The lowest BCUT2D eigenvalue weighted by molar-refractivity contribution is 0.100. The van der Waals surface area contributed by atoms with Gasteiger partial charge >= 0.3 is 6.09 Å². The molecular formula is C13H19NO3. The van der Waals surface area contributed by atoms with Crippen LogP contribution < -0.4 is 5.32 Å². The number of benzene rings is 1. The molecule has 0 fully saturated rings. The van der Waals surface area contributed by atoms with Crippen LogP contribution in [0.5, 0.6) is 0 Å². The fraction of sp³-hybridized carbons (Fsp3) is 0.462. The van der Waals surface area contributed by atoms with Crippen LogP contribution >= 0.6 is 0 Å². The van der Waals surface area contributed by atoms with Crippen LogP contribution in [-0.4, -0.2) is 25.3 Å². The van der Waals surface area contributed by atoms with Gasteiger partial charge in [0.05, 0.1) is 19.3 Å². The number of hydrogen-bond acceptors (Lipinski definition) is 3. The predicted octanol–water partition coefficient (Wildman–Crippen LogP) is 2.34. The molecule has 17 heavy (non-hydrogen) atoms. The molecule has 0 radical (unpaired) electrons. The van der Waals surface area contributed by atoms with Gasteiger partial charge in [-0.2, -0.15) is 0 Å². The van der Waals surface area contributed by atoms with E-state index < -0.39 is 6.09 Å². The number of rotatable bonds is 6. The topological polar surface area (TPSA) is 47.6 Å². The first kappa shape index (κ1) is 13.5. The maximum atomic E-state index is 11.1. The van der Waals surface area contributed by atoms with Crippen molar-refractivity contribution in [2.24, 2.45) is 0 Å². The van der Waals surface area contributed by atoms with Gasteiger partial charge in [-0.15, -0.1) is 0 Å². The number of ether oxygens (including phenoxy) is 2. The van der Waals surface area contributed by atoms with Crippen molar-refractivity contribution in [3.63, 3.8) is 0 Å². The van der Waals surface area contributed by atoms with Gasteiger partial charge in [-0.1, -0.05) is 30.3 Å². The van der Waals surface area contributed by atoms with Crippen LogP contribution in [0.3, 0.4) is 0 Å². The summed E-state index contributed by atoms with van der Waals surface area (Å²) in [5.41, 5.74) is 1.12. The molecule has 1 N–H and O–H groups in total. The van der Waals surface area contributed by atoms with E-state index in [1.807, 2.05) is 44.2 Å². The van der Waals surface area contributed by atoms with Crippen molar-refractivity contribution in [1.29, 1.82) is 0 Å². The molecule has 1 aromatic rings. The third-order valence-corrected chi connectivity index (χ3v) is 1.97. The molecule has 1 aromatic carbocycles. The Balaban J connectivity index is 2.03. The van der Waals surface area contributed by atoms with Gasteiger partial charge < -0.3 is 14.8 Å². The third kappa shape index (κ3) is 6.58. The van der Waals surface area contributed by atoms with Crippen molar-refractivity contribution in [3.05, 3.63) is 35.9 Å². The highest BCUT2D eigenvalue weighted by Crippen LogP contribution is 1.99. The van der Waals surface area contributed by atoms with Crippen LogP contribution in [0.15, 0.2) is 30.3 Å². The van der Waals surface area contributed by atoms with Crippen molar-refractivity contribution in [2.75, 3.05) is 13.2 Å². The van der Waals surface area contributed by atoms with Crippen molar-refractivity contribution in [2.45, 2.75) is 26.6 Å². The summed E-state index contributed by atoms with van der Waals surface area (Å²) in [7, 11) is 0. The van der Waals surface area contributed by atoms with Crippen molar-refractivity contribution in [1.82, 2.24) is 5.32 Å². The fourth-order valence-corrected chi connectivity index (χ4v) is 1.25. The number of carbonyl (C=O) groups is 1. The molecule has 0 unspecified atom stereocenters.